The molecular formula is C22H28Cl3NO3. The van der Waals surface area contributed by atoms with Crippen LogP contribution in [0.5, 0.6) is 17.2 Å². The van der Waals surface area contributed by atoms with Crippen LogP contribution in [0, 0.1) is 0 Å². The minimum absolute atomic E-state index is 0. The predicted molar refractivity (Wildman–Crippen MR) is 121 cm³/mol. The van der Waals surface area contributed by atoms with Crippen molar-refractivity contribution in [3.05, 3.63) is 51.5 Å². The summed E-state index contributed by atoms with van der Waals surface area (Å²) in [5.41, 5.74) is 2.29. The second kappa shape index (κ2) is 11.2. The number of rotatable bonds is 8. The average Bonchev–Trinajstić information content (AvgIpc) is 2.66. The zero-order valence-electron chi connectivity index (χ0n) is 16.5. The van der Waals surface area contributed by atoms with Crippen molar-refractivity contribution in [1.29, 1.82) is 0 Å². The number of hydrogen-bond acceptors (Lipinski definition) is 4. The van der Waals surface area contributed by atoms with Gasteiger partial charge < -0.3 is 14.9 Å². The molecule has 1 aliphatic carbocycles. The first kappa shape index (κ1) is 23.9. The molecule has 0 saturated carbocycles. The molecule has 1 atom stereocenters. The van der Waals surface area contributed by atoms with Crippen LogP contribution in [0.25, 0.3) is 0 Å². The summed E-state index contributed by atoms with van der Waals surface area (Å²) in [6, 6.07) is 8.79. The zero-order valence-corrected chi connectivity index (χ0v) is 18.9. The largest absolute Gasteiger partial charge is 0.504 e. The van der Waals surface area contributed by atoms with E-state index in [1.807, 2.05) is 0 Å². The van der Waals surface area contributed by atoms with Crippen molar-refractivity contribution in [3.8, 4) is 17.2 Å². The molecule has 160 valence electrons. The topological polar surface area (TPSA) is 52.9 Å². The fourth-order valence-corrected chi connectivity index (χ4v) is 4.44. The molecule has 7 heteroatoms. The van der Waals surface area contributed by atoms with E-state index in [0.29, 0.717) is 28.3 Å². The normalized spacial score (nSPS) is 15.7. The van der Waals surface area contributed by atoms with E-state index in [0.717, 1.165) is 56.4 Å². The molecule has 1 aliphatic rings. The van der Waals surface area contributed by atoms with Crippen molar-refractivity contribution < 1.29 is 14.9 Å². The van der Waals surface area contributed by atoms with Gasteiger partial charge in [0.05, 0.1) is 10.0 Å². The minimum atomic E-state index is -0.0376. The Bertz CT molecular complexity index is 796. The van der Waals surface area contributed by atoms with Gasteiger partial charge in [-0.3, -0.25) is 4.90 Å². The third kappa shape index (κ3) is 6.08. The van der Waals surface area contributed by atoms with Gasteiger partial charge in [-0.1, -0.05) is 36.2 Å². The number of nitrogens with zero attached hydrogens (tertiary/aromatic N) is 1. The molecule has 0 aliphatic heterocycles. The predicted octanol–water partition coefficient (Wildman–Crippen LogP) is 6.04. The molecule has 0 radical (unpaired) electrons. The molecule has 0 spiro atoms. The van der Waals surface area contributed by atoms with E-state index in [-0.39, 0.29) is 23.9 Å². The molecule has 1 unspecified atom stereocenters. The Labute approximate surface area is 188 Å². The summed E-state index contributed by atoms with van der Waals surface area (Å²) in [5, 5.41) is 20.8. The first-order valence-corrected chi connectivity index (χ1v) is 10.6. The highest BCUT2D eigenvalue weighted by molar-refractivity contribution is 6.37. The Hall–Kier alpha value is -1.33. The third-order valence-electron chi connectivity index (χ3n) is 5.27. The number of halogens is 3. The molecule has 2 N–H and O–H groups in total. The van der Waals surface area contributed by atoms with Gasteiger partial charge in [0.2, 0.25) is 0 Å². The van der Waals surface area contributed by atoms with Crippen molar-refractivity contribution in [2.75, 3.05) is 26.2 Å². The molecule has 4 nitrogen and oxygen atoms in total. The Morgan fingerprint density at radius 3 is 2.48 bits per heavy atom. The first-order chi connectivity index (χ1) is 13.5. The second-order valence-electron chi connectivity index (χ2n) is 7.33. The molecule has 0 fully saturated rings. The number of aromatic hydroxyl groups is 2. The lowest BCUT2D eigenvalue weighted by molar-refractivity contribution is 0.195. The Morgan fingerprint density at radius 2 is 1.79 bits per heavy atom. The van der Waals surface area contributed by atoms with Crippen molar-refractivity contribution in [2.24, 2.45) is 0 Å². The lowest BCUT2D eigenvalue weighted by atomic mass is 9.82. The molecule has 2 aromatic rings. The Balaban J connectivity index is 0.00000300. The second-order valence-corrected chi connectivity index (χ2v) is 8.14. The minimum Gasteiger partial charge on any atom is -0.504 e. The maximum atomic E-state index is 9.94. The summed E-state index contributed by atoms with van der Waals surface area (Å²) < 4.78 is 5.86. The zero-order chi connectivity index (χ0) is 20.1. The number of phenolic OH excluding ortho intramolecular Hbond substituents is 2. The Kier molecular flexibility index (Phi) is 9.22. The molecule has 2 aromatic carbocycles. The summed E-state index contributed by atoms with van der Waals surface area (Å²) in [7, 11) is 0. The first-order valence-electron chi connectivity index (χ1n) is 9.83. The summed E-state index contributed by atoms with van der Waals surface area (Å²) in [6.07, 6.45) is 4.16. The molecule has 3 rings (SSSR count). The van der Waals surface area contributed by atoms with Gasteiger partial charge in [-0.25, -0.2) is 0 Å². The number of fused-ring (bicyclic) bond motifs is 1. The summed E-state index contributed by atoms with van der Waals surface area (Å²) in [6.45, 7) is 5.30. The number of phenols is 2. The maximum Gasteiger partial charge on any atom is 0.157 e. The lowest BCUT2D eigenvalue weighted by Crippen LogP contribution is -2.34. The van der Waals surface area contributed by atoms with Crippen LogP contribution < -0.4 is 4.74 Å². The fourth-order valence-electron chi connectivity index (χ4n) is 3.94. The van der Waals surface area contributed by atoms with E-state index in [1.54, 1.807) is 30.3 Å². The number of aryl methyl sites for hydroxylation is 1. The number of ether oxygens (including phenoxy) is 1. The van der Waals surface area contributed by atoms with E-state index in [2.05, 4.69) is 11.8 Å². The van der Waals surface area contributed by atoms with Crippen LogP contribution in [0.15, 0.2) is 30.3 Å². The maximum absolute atomic E-state index is 9.94. The smallest absolute Gasteiger partial charge is 0.157 e. The quantitative estimate of drug-likeness (QED) is 0.472. The van der Waals surface area contributed by atoms with Gasteiger partial charge in [0.1, 0.15) is 6.61 Å². The van der Waals surface area contributed by atoms with E-state index in [9.17, 15) is 10.2 Å². The molecule has 29 heavy (non-hydrogen) atoms. The van der Waals surface area contributed by atoms with Gasteiger partial charge in [-0.15, -0.1) is 12.4 Å². The molecule has 0 amide bonds. The highest BCUT2D eigenvalue weighted by Gasteiger charge is 2.24. The van der Waals surface area contributed by atoms with Crippen LogP contribution in [0.2, 0.25) is 10.0 Å². The van der Waals surface area contributed by atoms with Crippen molar-refractivity contribution in [3.63, 3.8) is 0 Å². The van der Waals surface area contributed by atoms with Gasteiger partial charge in [0.15, 0.2) is 17.2 Å². The SMILES string of the molecule is CCCN(CCOc1c(Cl)cccc1Cl)CC1CCCc2cc(O)c(O)cc21.Cl. The summed E-state index contributed by atoms with van der Waals surface area (Å²) in [5.74, 6) is 0.801. The van der Waals surface area contributed by atoms with Crippen LogP contribution in [0.4, 0.5) is 0 Å². The number of hydrogen-bond donors (Lipinski definition) is 2. The van der Waals surface area contributed by atoms with Gasteiger partial charge in [-0.05, 0) is 73.5 Å². The van der Waals surface area contributed by atoms with Crippen LogP contribution in [-0.2, 0) is 6.42 Å². The van der Waals surface area contributed by atoms with Crippen molar-refractivity contribution >= 4 is 35.6 Å². The third-order valence-corrected chi connectivity index (χ3v) is 5.86. The molecule has 0 aromatic heterocycles. The Morgan fingerprint density at radius 1 is 1.10 bits per heavy atom. The van der Waals surface area contributed by atoms with E-state index >= 15 is 0 Å². The fraction of sp³-hybridized carbons (Fsp3) is 0.455. The molecule has 0 heterocycles. The average molecular weight is 461 g/mol. The summed E-state index contributed by atoms with van der Waals surface area (Å²) >= 11 is 12.4. The monoisotopic (exact) mass is 459 g/mol. The van der Waals surface area contributed by atoms with Gasteiger partial charge in [-0.2, -0.15) is 0 Å². The lowest BCUT2D eigenvalue weighted by Gasteiger charge is -2.31. The summed E-state index contributed by atoms with van der Waals surface area (Å²) in [4.78, 5) is 2.38. The van der Waals surface area contributed by atoms with Crippen LogP contribution in [0.1, 0.15) is 43.2 Å². The molecule has 0 bridgehead atoms. The van der Waals surface area contributed by atoms with E-state index in [4.69, 9.17) is 27.9 Å². The van der Waals surface area contributed by atoms with Crippen molar-refractivity contribution in [1.82, 2.24) is 4.90 Å². The molecule has 0 saturated heterocycles. The number of benzene rings is 2. The highest BCUT2D eigenvalue weighted by atomic mass is 35.5. The number of para-hydroxylation sites is 1. The van der Waals surface area contributed by atoms with Gasteiger partial charge >= 0.3 is 0 Å². The van der Waals surface area contributed by atoms with Crippen molar-refractivity contribution in [2.45, 2.75) is 38.5 Å². The van der Waals surface area contributed by atoms with Gasteiger partial charge in [0, 0.05) is 13.1 Å². The highest BCUT2D eigenvalue weighted by Crippen LogP contribution is 2.38. The van der Waals surface area contributed by atoms with E-state index in [1.165, 1.54) is 0 Å². The van der Waals surface area contributed by atoms with Crippen LogP contribution in [-0.4, -0.2) is 41.4 Å². The standard InChI is InChI=1S/C22H27Cl2NO3.ClH/c1-2-9-25(10-11-28-22-18(23)7-4-8-19(22)24)14-16-6-3-5-15-12-20(26)21(27)13-17(15)16;/h4,7-8,12-13,16,26-27H,2-3,5-6,9-11,14H2,1H3;1H. The van der Waals surface area contributed by atoms with Gasteiger partial charge in [0.25, 0.3) is 0 Å². The van der Waals surface area contributed by atoms with Crippen LogP contribution >= 0.6 is 35.6 Å². The molecular weight excluding hydrogens is 433 g/mol. The van der Waals surface area contributed by atoms with E-state index < -0.39 is 0 Å². The van der Waals surface area contributed by atoms with Crippen LogP contribution in [0.3, 0.4) is 0 Å².